The van der Waals surface area contributed by atoms with Crippen LogP contribution in [0.1, 0.15) is 33.1 Å². The van der Waals surface area contributed by atoms with Gasteiger partial charge < -0.3 is 0 Å². The van der Waals surface area contributed by atoms with Crippen LogP contribution in [0.2, 0.25) is 0 Å². The van der Waals surface area contributed by atoms with E-state index in [1.807, 2.05) is 0 Å². The first kappa shape index (κ1) is 18.8. The SMILES string of the molecule is Cc1cc(C(F)(F)F)c2c(C)nn(CC(=O)n3nc(C)c(I)c3C)c2n1. The Morgan fingerprint density at radius 1 is 1.15 bits per heavy atom. The molecule has 3 aromatic heterocycles. The van der Waals surface area contributed by atoms with E-state index in [0.717, 1.165) is 9.64 Å². The fourth-order valence-corrected chi connectivity index (χ4v) is 3.21. The van der Waals surface area contributed by atoms with Gasteiger partial charge in [-0.1, -0.05) is 0 Å². The maximum atomic E-state index is 13.4. The summed E-state index contributed by atoms with van der Waals surface area (Å²) in [5.74, 6) is -0.394. The van der Waals surface area contributed by atoms with E-state index in [1.54, 1.807) is 13.8 Å². The highest BCUT2D eigenvalue weighted by atomic mass is 127. The quantitative estimate of drug-likeness (QED) is 0.527. The number of pyridine rings is 1. The van der Waals surface area contributed by atoms with Crippen LogP contribution < -0.4 is 0 Å². The Kier molecular flexibility index (Phi) is 4.57. The highest BCUT2D eigenvalue weighted by Gasteiger charge is 2.35. The van der Waals surface area contributed by atoms with Crippen molar-refractivity contribution in [1.82, 2.24) is 24.5 Å². The molecule has 0 atom stereocenters. The molecule has 0 bridgehead atoms. The number of halogens is 4. The monoisotopic (exact) mass is 477 g/mol. The molecule has 0 aliphatic heterocycles. The molecule has 0 saturated heterocycles. The zero-order valence-electron chi connectivity index (χ0n) is 14.4. The second kappa shape index (κ2) is 6.32. The topological polar surface area (TPSA) is 65.6 Å². The molecule has 0 unspecified atom stereocenters. The molecule has 3 rings (SSSR count). The number of fused-ring (bicyclic) bond motifs is 1. The predicted molar refractivity (Wildman–Crippen MR) is 97.0 cm³/mol. The Hall–Kier alpha value is -1.98. The summed E-state index contributed by atoms with van der Waals surface area (Å²) in [6.07, 6.45) is -4.53. The zero-order valence-corrected chi connectivity index (χ0v) is 16.6. The molecule has 26 heavy (non-hydrogen) atoms. The van der Waals surface area contributed by atoms with Crippen molar-refractivity contribution in [2.45, 2.75) is 40.4 Å². The minimum absolute atomic E-state index is 0.0411. The van der Waals surface area contributed by atoms with Crippen molar-refractivity contribution in [2.75, 3.05) is 0 Å². The maximum Gasteiger partial charge on any atom is 0.417 e. The van der Waals surface area contributed by atoms with Crippen LogP contribution in [0.4, 0.5) is 13.2 Å². The number of rotatable bonds is 2. The maximum absolute atomic E-state index is 13.4. The molecule has 3 aromatic rings. The van der Waals surface area contributed by atoms with Crippen LogP contribution in [0.3, 0.4) is 0 Å². The summed E-state index contributed by atoms with van der Waals surface area (Å²) in [6.45, 7) is 6.24. The van der Waals surface area contributed by atoms with E-state index >= 15 is 0 Å². The summed E-state index contributed by atoms with van der Waals surface area (Å²) in [5, 5.41) is 8.22. The summed E-state index contributed by atoms with van der Waals surface area (Å²) in [4.78, 5) is 16.8. The van der Waals surface area contributed by atoms with Crippen molar-refractivity contribution < 1.29 is 18.0 Å². The second-order valence-corrected chi connectivity index (χ2v) is 7.12. The average Bonchev–Trinajstić information content (AvgIpc) is 2.97. The number of aromatic nitrogens is 5. The summed E-state index contributed by atoms with van der Waals surface area (Å²) >= 11 is 2.09. The van der Waals surface area contributed by atoms with Gasteiger partial charge in [0.1, 0.15) is 6.54 Å². The van der Waals surface area contributed by atoms with E-state index in [0.29, 0.717) is 11.4 Å². The Morgan fingerprint density at radius 2 is 1.81 bits per heavy atom. The lowest BCUT2D eigenvalue weighted by Gasteiger charge is -2.10. The zero-order chi connectivity index (χ0) is 19.4. The number of nitrogens with zero attached hydrogens (tertiary/aromatic N) is 5. The molecule has 0 saturated carbocycles. The fourth-order valence-electron chi connectivity index (χ4n) is 2.87. The summed E-state index contributed by atoms with van der Waals surface area (Å²) in [6, 6.07) is 0.993. The van der Waals surface area contributed by atoms with Gasteiger partial charge in [0.2, 0.25) is 0 Å². The third kappa shape index (κ3) is 3.10. The molecule has 0 amide bonds. The number of hydrogen-bond donors (Lipinski definition) is 0. The van der Waals surface area contributed by atoms with Gasteiger partial charge in [0.25, 0.3) is 5.91 Å². The molecule has 0 fully saturated rings. The molecule has 0 aliphatic carbocycles. The molecule has 0 spiro atoms. The van der Waals surface area contributed by atoms with Crippen LogP contribution in [0.15, 0.2) is 6.07 Å². The first-order chi connectivity index (χ1) is 12.0. The van der Waals surface area contributed by atoms with Gasteiger partial charge in [-0.25, -0.2) is 14.3 Å². The lowest BCUT2D eigenvalue weighted by Crippen LogP contribution is -2.21. The first-order valence-electron chi connectivity index (χ1n) is 7.67. The second-order valence-electron chi connectivity index (χ2n) is 6.04. The smallest absolute Gasteiger partial charge is 0.270 e. The van der Waals surface area contributed by atoms with Crippen molar-refractivity contribution in [3.8, 4) is 0 Å². The van der Waals surface area contributed by atoms with Crippen LogP contribution in [0.25, 0.3) is 11.0 Å². The third-order valence-electron chi connectivity index (χ3n) is 4.04. The number of carbonyl (C=O) groups is 1. The lowest BCUT2D eigenvalue weighted by molar-refractivity contribution is -0.136. The van der Waals surface area contributed by atoms with Gasteiger partial charge in [-0.2, -0.15) is 23.4 Å². The van der Waals surface area contributed by atoms with Crippen molar-refractivity contribution >= 4 is 39.5 Å². The molecule has 6 nitrogen and oxygen atoms in total. The number of alkyl halides is 3. The molecule has 3 heterocycles. The molecule has 0 aromatic carbocycles. The summed E-state index contributed by atoms with van der Waals surface area (Å²) in [5.41, 5.74) is 1.03. The van der Waals surface area contributed by atoms with E-state index in [2.05, 4.69) is 37.8 Å². The standard InChI is InChI=1S/C16H15F3IN5O/c1-7-5-11(16(17,18)19)13-8(2)22-24(15(13)21-7)6-12(26)25-10(4)14(20)9(3)23-25/h5H,6H2,1-4H3. The average molecular weight is 477 g/mol. The first-order valence-corrected chi connectivity index (χ1v) is 8.75. The number of carbonyl (C=O) groups excluding carboxylic acids is 1. The van der Waals surface area contributed by atoms with Gasteiger partial charge in [-0.15, -0.1) is 0 Å². The Balaban J connectivity index is 2.11. The van der Waals surface area contributed by atoms with Gasteiger partial charge >= 0.3 is 6.18 Å². The third-order valence-corrected chi connectivity index (χ3v) is 5.60. The van der Waals surface area contributed by atoms with E-state index < -0.39 is 17.6 Å². The largest absolute Gasteiger partial charge is 0.417 e. The molecule has 0 N–H and O–H groups in total. The van der Waals surface area contributed by atoms with Crippen molar-refractivity contribution in [1.29, 1.82) is 0 Å². The van der Waals surface area contributed by atoms with E-state index in [9.17, 15) is 18.0 Å². The molecule has 10 heteroatoms. The van der Waals surface area contributed by atoms with Crippen molar-refractivity contribution in [2.24, 2.45) is 0 Å². The Labute approximate surface area is 160 Å². The van der Waals surface area contributed by atoms with E-state index in [-0.39, 0.29) is 29.0 Å². The van der Waals surface area contributed by atoms with Crippen LogP contribution >= 0.6 is 22.6 Å². The van der Waals surface area contributed by atoms with Crippen LogP contribution in [-0.4, -0.2) is 30.5 Å². The van der Waals surface area contributed by atoms with Crippen molar-refractivity contribution in [3.63, 3.8) is 0 Å². The molecular weight excluding hydrogens is 462 g/mol. The van der Waals surface area contributed by atoms with Gasteiger partial charge in [-0.05, 0) is 56.4 Å². The number of aryl methyl sites for hydroxylation is 3. The van der Waals surface area contributed by atoms with Gasteiger partial charge in [0.05, 0.1) is 31.6 Å². The minimum atomic E-state index is -4.53. The minimum Gasteiger partial charge on any atom is -0.270 e. The molecule has 0 radical (unpaired) electrons. The van der Waals surface area contributed by atoms with E-state index in [1.165, 1.54) is 23.2 Å². The Bertz CT molecular complexity index is 1040. The normalized spacial score (nSPS) is 12.2. The van der Waals surface area contributed by atoms with Gasteiger partial charge in [-0.3, -0.25) is 4.79 Å². The lowest BCUT2D eigenvalue weighted by atomic mass is 10.1. The van der Waals surface area contributed by atoms with Crippen LogP contribution in [0, 0.1) is 31.3 Å². The number of hydrogen-bond acceptors (Lipinski definition) is 4. The Morgan fingerprint density at radius 3 is 2.35 bits per heavy atom. The van der Waals surface area contributed by atoms with Crippen LogP contribution in [0.5, 0.6) is 0 Å². The fraction of sp³-hybridized carbons (Fsp3) is 0.375. The van der Waals surface area contributed by atoms with Gasteiger partial charge in [0.15, 0.2) is 5.65 Å². The highest BCUT2D eigenvalue weighted by molar-refractivity contribution is 14.1. The summed E-state index contributed by atoms with van der Waals surface area (Å²) < 4.78 is 43.4. The van der Waals surface area contributed by atoms with Crippen LogP contribution in [-0.2, 0) is 12.7 Å². The highest BCUT2D eigenvalue weighted by Crippen LogP contribution is 2.36. The van der Waals surface area contributed by atoms with Gasteiger partial charge in [0, 0.05) is 5.69 Å². The van der Waals surface area contributed by atoms with E-state index in [4.69, 9.17) is 0 Å². The molecule has 138 valence electrons. The summed E-state index contributed by atoms with van der Waals surface area (Å²) in [7, 11) is 0. The molecular formula is C16H15F3IN5O. The molecule has 0 aliphatic rings. The van der Waals surface area contributed by atoms with Crippen molar-refractivity contribution in [3.05, 3.63) is 38.0 Å². The predicted octanol–water partition coefficient (Wildman–Crippen LogP) is 3.83.